The third-order valence-corrected chi connectivity index (χ3v) is 5.41. The van der Waals surface area contributed by atoms with Crippen LogP contribution < -0.4 is 5.32 Å². The Bertz CT molecular complexity index is 750. The van der Waals surface area contributed by atoms with E-state index in [0.717, 1.165) is 43.5 Å². The molecule has 0 unspecified atom stereocenters. The zero-order valence-electron chi connectivity index (χ0n) is 13.5. The standard InChI is InChI=1S/C19H21N3OS/c1-2-6-15(7-3-1)17(22-10-12-23-13-11-22)14-20-19-21-16-8-4-5-9-18(16)24-19/h1-9,17H,10-14H2,(H,20,21)/t17-/m1/s1. The van der Waals surface area contributed by atoms with Crippen LogP contribution in [-0.2, 0) is 4.74 Å². The number of morpholine rings is 1. The van der Waals surface area contributed by atoms with Gasteiger partial charge in [0, 0.05) is 19.6 Å². The summed E-state index contributed by atoms with van der Waals surface area (Å²) in [6, 6.07) is 19.3. The molecule has 2 aromatic carbocycles. The van der Waals surface area contributed by atoms with Gasteiger partial charge in [0.1, 0.15) is 0 Å². The summed E-state index contributed by atoms with van der Waals surface area (Å²) in [5.41, 5.74) is 2.40. The molecule has 1 aromatic heterocycles. The van der Waals surface area contributed by atoms with Gasteiger partial charge in [0.05, 0.1) is 29.5 Å². The van der Waals surface area contributed by atoms with Gasteiger partial charge in [0.2, 0.25) is 0 Å². The molecule has 2 heterocycles. The molecule has 0 amide bonds. The lowest BCUT2D eigenvalue weighted by molar-refractivity contribution is 0.0187. The molecule has 5 heteroatoms. The van der Waals surface area contributed by atoms with Crippen molar-refractivity contribution < 1.29 is 4.74 Å². The van der Waals surface area contributed by atoms with Crippen LogP contribution in [0.25, 0.3) is 10.2 Å². The number of fused-ring (bicyclic) bond motifs is 1. The summed E-state index contributed by atoms with van der Waals surface area (Å²) in [6.07, 6.45) is 0. The molecule has 1 saturated heterocycles. The number of hydrogen-bond donors (Lipinski definition) is 1. The summed E-state index contributed by atoms with van der Waals surface area (Å²) in [6.45, 7) is 4.42. The number of nitrogens with one attached hydrogen (secondary N) is 1. The molecule has 3 aromatic rings. The minimum absolute atomic E-state index is 0.335. The molecule has 4 nitrogen and oxygen atoms in total. The lowest BCUT2D eigenvalue weighted by atomic mass is 10.0. The number of anilines is 1. The minimum Gasteiger partial charge on any atom is -0.379 e. The molecule has 124 valence electrons. The Hall–Kier alpha value is -1.95. The Labute approximate surface area is 146 Å². The van der Waals surface area contributed by atoms with Gasteiger partial charge < -0.3 is 10.1 Å². The summed E-state index contributed by atoms with van der Waals surface area (Å²) >= 11 is 1.72. The Morgan fingerprint density at radius 3 is 2.58 bits per heavy atom. The van der Waals surface area contributed by atoms with Crippen LogP contribution in [0.15, 0.2) is 54.6 Å². The highest BCUT2D eigenvalue weighted by atomic mass is 32.1. The lowest BCUT2D eigenvalue weighted by Crippen LogP contribution is -2.41. The predicted molar refractivity (Wildman–Crippen MR) is 99.7 cm³/mol. The van der Waals surface area contributed by atoms with Gasteiger partial charge >= 0.3 is 0 Å². The van der Waals surface area contributed by atoms with E-state index >= 15 is 0 Å². The first-order valence-electron chi connectivity index (χ1n) is 8.36. The zero-order valence-corrected chi connectivity index (χ0v) is 14.3. The van der Waals surface area contributed by atoms with Gasteiger partial charge in [-0.25, -0.2) is 4.98 Å². The maximum Gasteiger partial charge on any atom is 0.183 e. The van der Waals surface area contributed by atoms with E-state index in [1.807, 2.05) is 6.07 Å². The predicted octanol–water partition coefficient (Wildman–Crippen LogP) is 3.78. The van der Waals surface area contributed by atoms with Crippen LogP contribution in [0.2, 0.25) is 0 Å². The molecule has 0 spiro atoms. The van der Waals surface area contributed by atoms with Crippen LogP contribution in [0.1, 0.15) is 11.6 Å². The Morgan fingerprint density at radius 2 is 1.79 bits per heavy atom. The van der Waals surface area contributed by atoms with Crippen molar-refractivity contribution in [2.45, 2.75) is 6.04 Å². The highest BCUT2D eigenvalue weighted by Gasteiger charge is 2.22. The van der Waals surface area contributed by atoms with E-state index in [1.165, 1.54) is 10.3 Å². The molecule has 4 rings (SSSR count). The quantitative estimate of drug-likeness (QED) is 0.767. The van der Waals surface area contributed by atoms with Crippen molar-refractivity contribution in [2.24, 2.45) is 0 Å². The highest BCUT2D eigenvalue weighted by Crippen LogP contribution is 2.27. The molecule has 0 saturated carbocycles. The number of thiazole rings is 1. The van der Waals surface area contributed by atoms with Gasteiger partial charge in [-0.05, 0) is 17.7 Å². The first-order chi connectivity index (χ1) is 11.9. The second kappa shape index (κ2) is 7.30. The first-order valence-corrected chi connectivity index (χ1v) is 9.18. The molecule has 1 aliphatic rings. The van der Waals surface area contributed by atoms with E-state index < -0.39 is 0 Å². The van der Waals surface area contributed by atoms with E-state index in [4.69, 9.17) is 4.74 Å². The van der Waals surface area contributed by atoms with Crippen LogP contribution in [0, 0.1) is 0 Å². The van der Waals surface area contributed by atoms with E-state index in [2.05, 4.69) is 63.7 Å². The van der Waals surface area contributed by atoms with Crippen LogP contribution in [-0.4, -0.2) is 42.7 Å². The third kappa shape index (κ3) is 3.43. The van der Waals surface area contributed by atoms with E-state index in [0.29, 0.717) is 6.04 Å². The Morgan fingerprint density at radius 1 is 1.04 bits per heavy atom. The van der Waals surface area contributed by atoms with Crippen molar-refractivity contribution in [3.63, 3.8) is 0 Å². The molecule has 0 aliphatic carbocycles. The molecule has 0 radical (unpaired) electrons. The van der Waals surface area contributed by atoms with Crippen molar-refractivity contribution in [3.05, 3.63) is 60.2 Å². The van der Waals surface area contributed by atoms with Gasteiger partial charge in [-0.15, -0.1) is 0 Å². The molecular formula is C19H21N3OS. The maximum absolute atomic E-state index is 5.52. The second-order valence-corrected chi connectivity index (χ2v) is 6.97. The van der Waals surface area contributed by atoms with Crippen molar-refractivity contribution in [3.8, 4) is 0 Å². The van der Waals surface area contributed by atoms with Gasteiger partial charge in [-0.3, -0.25) is 4.90 Å². The van der Waals surface area contributed by atoms with Crippen LogP contribution >= 0.6 is 11.3 Å². The lowest BCUT2D eigenvalue weighted by Gasteiger charge is -2.34. The molecular weight excluding hydrogens is 318 g/mol. The summed E-state index contributed by atoms with van der Waals surface area (Å²) < 4.78 is 6.74. The number of ether oxygens (including phenoxy) is 1. The number of aromatic nitrogens is 1. The summed E-state index contributed by atoms with van der Waals surface area (Å²) in [7, 11) is 0. The number of nitrogens with zero attached hydrogens (tertiary/aromatic N) is 2. The number of para-hydroxylation sites is 1. The average Bonchev–Trinajstić information content (AvgIpc) is 3.07. The fourth-order valence-corrected chi connectivity index (χ4v) is 4.03. The largest absolute Gasteiger partial charge is 0.379 e. The van der Waals surface area contributed by atoms with Gasteiger partial charge in [0.25, 0.3) is 0 Å². The molecule has 0 bridgehead atoms. The number of hydrogen-bond acceptors (Lipinski definition) is 5. The number of benzene rings is 2. The maximum atomic E-state index is 5.52. The molecule has 1 fully saturated rings. The smallest absolute Gasteiger partial charge is 0.183 e. The second-order valence-electron chi connectivity index (χ2n) is 5.94. The molecule has 1 N–H and O–H groups in total. The van der Waals surface area contributed by atoms with Gasteiger partial charge in [-0.2, -0.15) is 0 Å². The van der Waals surface area contributed by atoms with E-state index in [-0.39, 0.29) is 0 Å². The van der Waals surface area contributed by atoms with Crippen LogP contribution in [0.4, 0.5) is 5.13 Å². The van der Waals surface area contributed by atoms with Gasteiger partial charge in [0.15, 0.2) is 5.13 Å². The van der Waals surface area contributed by atoms with Crippen molar-refractivity contribution in [1.29, 1.82) is 0 Å². The molecule has 24 heavy (non-hydrogen) atoms. The highest BCUT2D eigenvalue weighted by molar-refractivity contribution is 7.22. The normalized spacial score (nSPS) is 17.0. The number of rotatable bonds is 5. The fourth-order valence-electron chi connectivity index (χ4n) is 3.15. The van der Waals surface area contributed by atoms with Crippen molar-refractivity contribution >= 4 is 26.7 Å². The van der Waals surface area contributed by atoms with Gasteiger partial charge in [-0.1, -0.05) is 53.8 Å². The summed E-state index contributed by atoms with van der Waals surface area (Å²) in [5.74, 6) is 0. The molecule has 1 atom stereocenters. The summed E-state index contributed by atoms with van der Waals surface area (Å²) in [5, 5.41) is 4.55. The minimum atomic E-state index is 0.335. The monoisotopic (exact) mass is 339 g/mol. The third-order valence-electron chi connectivity index (χ3n) is 4.41. The van der Waals surface area contributed by atoms with E-state index in [1.54, 1.807) is 11.3 Å². The first kappa shape index (κ1) is 15.6. The van der Waals surface area contributed by atoms with Crippen molar-refractivity contribution in [1.82, 2.24) is 9.88 Å². The average molecular weight is 339 g/mol. The Balaban J connectivity index is 1.52. The van der Waals surface area contributed by atoms with Crippen LogP contribution in [0.5, 0.6) is 0 Å². The fraction of sp³-hybridized carbons (Fsp3) is 0.316. The van der Waals surface area contributed by atoms with Crippen LogP contribution in [0.3, 0.4) is 0 Å². The van der Waals surface area contributed by atoms with E-state index in [9.17, 15) is 0 Å². The molecule has 1 aliphatic heterocycles. The topological polar surface area (TPSA) is 37.4 Å². The Kier molecular flexibility index (Phi) is 4.74. The van der Waals surface area contributed by atoms with Crippen molar-refractivity contribution in [2.75, 3.05) is 38.2 Å². The summed E-state index contributed by atoms with van der Waals surface area (Å²) in [4.78, 5) is 7.19. The SMILES string of the molecule is c1ccc([C@@H](CNc2nc3ccccc3s2)N2CCOCC2)cc1. The zero-order chi connectivity index (χ0) is 16.2.